The molecule has 0 fully saturated rings. The second-order valence-electron chi connectivity index (χ2n) is 6.80. The molecule has 2 aromatic heterocycles. The smallest absolute Gasteiger partial charge is 0.251 e. The summed E-state index contributed by atoms with van der Waals surface area (Å²) in [6, 6.07) is 16.1. The molecule has 0 unspecified atom stereocenters. The van der Waals surface area contributed by atoms with Gasteiger partial charge in [0.15, 0.2) is 0 Å². The number of thiazole rings is 1. The molecule has 2 heterocycles. The molecule has 0 spiro atoms. The minimum atomic E-state index is -0.0746. The lowest BCUT2D eigenvalue weighted by molar-refractivity contribution is 0.0951. The minimum absolute atomic E-state index is 0.0746. The Labute approximate surface area is 162 Å². The van der Waals surface area contributed by atoms with E-state index in [0.717, 1.165) is 21.8 Å². The maximum atomic E-state index is 12.6. The molecular weight excluding hydrogens is 354 g/mol. The number of nitrogens with zero attached hydrogens (tertiary/aromatic N) is 2. The summed E-state index contributed by atoms with van der Waals surface area (Å²) in [6.07, 6.45) is 0. The van der Waals surface area contributed by atoms with E-state index in [2.05, 4.69) is 53.1 Å². The summed E-state index contributed by atoms with van der Waals surface area (Å²) >= 11 is 1.59. The molecule has 0 bridgehead atoms. The van der Waals surface area contributed by atoms with Gasteiger partial charge in [0.2, 0.25) is 0 Å². The van der Waals surface area contributed by atoms with Crippen LogP contribution in [-0.4, -0.2) is 15.5 Å². The van der Waals surface area contributed by atoms with Crippen molar-refractivity contribution in [3.05, 3.63) is 76.4 Å². The quantitative estimate of drug-likeness (QED) is 0.554. The standard InChI is InChI=1S/C22H21N3OS/c1-14-13-27-22(24-14)18-6-4-5-17(11-18)21(26)23-12-16-7-8-20-19(10-16)9-15(2)25(20)3/h4-11,13H,12H2,1-3H3,(H,23,26). The highest BCUT2D eigenvalue weighted by Gasteiger charge is 2.10. The molecule has 0 atom stereocenters. The second-order valence-corrected chi connectivity index (χ2v) is 7.65. The zero-order valence-electron chi connectivity index (χ0n) is 15.6. The highest BCUT2D eigenvalue weighted by Crippen LogP contribution is 2.24. The molecule has 0 aliphatic carbocycles. The summed E-state index contributed by atoms with van der Waals surface area (Å²) < 4.78 is 2.17. The largest absolute Gasteiger partial charge is 0.348 e. The molecule has 1 N–H and O–H groups in total. The summed E-state index contributed by atoms with van der Waals surface area (Å²) in [6.45, 7) is 4.57. The number of hydrogen-bond donors (Lipinski definition) is 1. The van der Waals surface area contributed by atoms with Crippen LogP contribution < -0.4 is 5.32 Å². The van der Waals surface area contributed by atoms with Gasteiger partial charge in [-0.1, -0.05) is 18.2 Å². The number of fused-ring (bicyclic) bond motifs is 1. The van der Waals surface area contributed by atoms with Crippen molar-refractivity contribution in [3.8, 4) is 10.6 Å². The van der Waals surface area contributed by atoms with Crippen LogP contribution in [0.2, 0.25) is 0 Å². The number of benzene rings is 2. The Hall–Kier alpha value is -2.92. The number of carbonyl (C=O) groups is 1. The maximum Gasteiger partial charge on any atom is 0.251 e. The summed E-state index contributed by atoms with van der Waals surface area (Å²) in [5.74, 6) is -0.0746. The summed E-state index contributed by atoms with van der Waals surface area (Å²) in [5, 5.41) is 7.17. The molecule has 1 amide bonds. The Kier molecular flexibility index (Phi) is 4.54. The predicted molar refractivity (Wildman–Crippen MR) is 111 cm³/mol. The van der Waals surface area contributed by atoms with Crippen molar-refractivity contribution in [2.24, 2.45) is 7.05 Å². The van der Waals surface area contributed by atoms with Gasteiger partial charge in [-0.15, -0.1) is 11.3 Å². The van der Waals surface area contributed by atoms with Crippen LogP contribution in [0.4, 0.5) is 0 Å². The molecule has 5 heteroatoms. The molecule has 0 radical (unpaired) electrons. The Morgan fingerprint density at radius 2 is 2.00 bits per heavy atom. The lowest BCUT2D eigenvalue weighted by Crippen LogP contribution is -2.22. The zero-order valence-corrected chi connectivity index (χ0v) is 16.4. The monoisotopic (exact) mass is 375 g/mol. The molecule has 2 aromatic carbocycles. The van der Waals surface area contributed by atoms with Crippen molar-refractivity contribution in [1.29, 1.82) is 0 Å². The number of amides is 1. The Morgan fingerprint density at radius 3 is 2.78 bits per heavy atom. The van der Waals surface area contributed by atoms with Crippen LogP contribution in [0.15, 0.2) is 53.9 Å². The van der Waals surface area contributed by atoms with Crippen LogP contribution in [0, 0.1) is 13.8 Å². The highest BCUT2D eigenvalue weighted by molar-refractivity contribution is 7.13. The molecule has 0 saturated carbocycles. The Bertz CT molecular complexity index is 1140. The molecule has 4 rings (SSSR count). The molecule has 27 heavy (non-hydrogen) atoms. The number of hydrogen-bond acceptors (Lipinski definition) is 3. The van der Waals surface area contributed by atoms with E-state index in [-0.39, 0.29) is 5.91 Å². The van der Waals surface area contributed by atoms with Crippen molar-refractivity contribution in [3.63, 3.8) is 0 Å². The number of rotatable bonds is 4. The van der Waals surface area contributed by atoms with E-state index in [1.54, 1.807) is 11.3 Å². The van der Waals surface area contributed by atoms with Crippen LogP contribution in [0.25, 0.3) is 21.5 Å². The third kappa shape index (κ3) is 3.51. The normalized spacial score (nSPS) is 11.1. The van der Waals surface area contributed by atoms with Gasteiger partial charge < -0.3 is 9.88 Å². The summed E-state index contributed by atoms with van der Waals surface area (Å²) in [7, 11) is 2.07. The van der Waals surface area contributed by atoms with E-state index in [9.17, 15) is 4.79 Å². The molecule has 0 saturated heterocycles. The lowest BCUT2D eigenvalue weighted by Gasteiger charge is -2.07. The third-order valence-corrected chi connectivity index (χ3v) is 5.80. The fraction of sp³-hybridized carbons (Fsp3) is 0.182. The van der Waals surface area contributed by atoms with Crippen LogP contribution in [-0.2, 0) is 13.6 Å². The number of carbonyl (C=O) groups excluding carboxylic acids is 1. The predicted octanol–water partition coefficient (Wildman–Crippen LogP) is 4.85. The average molecular weight is 375 g/mol. The fourth-order valence-electron chi connectivity index (χ4n) is 3.21. The Balaban J connectivity index is 1.49. The fourth-order valence-corrected chi connectivity index (χ4v) is 4.01. The van der Waals surface area contributed by atoms with Gasteiger partial charge in [0.1, 0.15) is 5.01 Å². The summed E-state index contributed by atoms with van der Waals surface area (Å²) in [5.41, 5.74) is 6.14. The van der Waals surface area contributed by atoms with Gasteiger partial charge in [-0.05, 0) is 49.7 Å². The zero-order chi connectivity index (χ0) is 19.0. The number of aryl methyl sites for hydroxylation is 3. The van der Waals surface area contributed by atoms with Crippen molar-refractivity contribution < 1.29 is 4.79 Å². The van der Waals surface area contributed by atoms with Gasteiger partial charge in [0.25, 0.3) is 5.91 Å². The first kappa shape index (κ1) is 17.5. The van der Waals surface area contributed by atoms with Crippen molar-refractivity contribution in [1.82, 2.24) is 14.9 Å². The van der Waals surface area contributed by atoms with E-state index in [0.29, 0.717) is 12.1 Å². The van der Waals surface area contributed by atoms with Gasteiger partial charge in [-0.25, -0.2) is 4.98 Å². The first-order valence-electron chi connectivity index (χ1n) is 8.87. The molecule has 0 aliphatic rings. The molecule has 0 aliphatic heterocycles. The first-order chi connectivity index (χ1) is 13.0. The number of aromatic nitrogens is 2. The van der Waals surface area contributed by atoms with Crippen LogP contribution >= 0.6 is 11.3 Å². The lowest BCUT2D eigenvalue weighted by atomic mass is 10.1. The minimum Gasteiger partial charge on any atom is -0.348 e. The topological polar surface area (TPSA) is 46.9 Å². The molecule has 4 aromatic rings. The van der Waals surface area contributed by atoms with Crippen molar-refractivity contribution in [2.75, 3.05) is 0 Å². The highest BCUT2D eigenvalue weighted by atomic mass is 32.1. The second kappa shape index (κ2) is 7.00. The van der Waals surface area contributed by atoms with E-state index < -0.39 is 0 Å². The third-order valence-electron chi connectivity index (χ3n) is 4.79. The van der Waals surface area contributed by atoms with Gasteiger partial charge >= 0.3 is 0 Å². The van der Waals surface area contributed by atoms with Gasteiger partial charge in [0, 0.05) is 52.4 Å². The van der Waals surface area contributed by atoms with E-state index in [4.69, 9.17) is 0 Å². The first-order valence-corrected chi connectivity index (χ1v) is 9.75. The maximum absolute atomic E-state index is 12.6. The molecule has 4 nitrogen and oxygen atoms in total. The van der Waals surface area contributed by atoms with Crippen LogP contribution in [0.5, 0.6) is 0 Å². The number of nitrogens with one attached hydrogen (secondary N) is 1. The van der Waals surface area contributed by atoms with Gasteiger partial charge in [0.05, 0.1) is 0 Å². The van der Waals surface area contributed by atoms with Crippen molar-refractivity contribution in [2.45, 2.75) is 20.4 Å². The van der Waals surface area contributed by atoms with E-state index in [1.165, 1.54) is 16.6 Å². The average Bonchev–Trinajstić information content (AvgIpc) is 3.23. The molecule has 136 valence electrons. The summed E-state index contributed by atoms with van der Waals surface area (Å²) in [4.78, 5) is 17.1. The SMILES string of the molecule is Cc1csc(-c2cccc(C(=O)NCc3ccc4c(c3)cc(C)n4C)c2)n1. The van der Waals surface area contributed by atoms with Crippen LogP contribution in [0.3, 0.4) is 0 Å². The van der Waals surface area contributed by atoms with Crippen molar-refractivity contribution >= 4 is 28.1 Å². The van der Waals surface area contributed by atoms with Crippen LogP contribution in [0.1, 0.15) is 27.3 Å². The van der Waals surface area contributed by atoms with E-state index >= 15 is 0 Å². The van der Waals surface area contributed by atoms with Gasteiger partial charge in [-0.3, -0.25) is 4.79 Å². The molecular formula is C22H21N3OS. The Morgan fingerprint density at radius 1 is 1.15 bits per heavy atom. The van der Waals surface area contributed by atoms with E-state index in [1.807, 2.05) is 36.6 Å². The van der Waals surface area contributed by atoms with Gasteiger partial charge in [-0.2, -0.15) is 0 Å².